The summed E-state index contributed by atoms with van der Waals surface area (Å²) in [6.07, 6.45) is 1.23. The van der Waals surface area contributed by atoms with Crippen LogP contribution < -0.4 is 16.8 Å². The van der Waals surface area contributed by atoms with Gasteiger partial charge in [0, 0.05) is 23.7 Å². The number of anilines is 3. The number of hydrogen-bond acceptors (Lipinski definition) is 5. The van der Waals surface area contributed by atoms with Crippen LogP contribution in [0.3, 0.4) is 0 Å². The molecule has 5 N–H and O–H groups in total. The first-order valence-electron chi connectivity index (χ1n) is 9.15. The smallest absolute Gasteiger partial charge is 0.382 e. The first-order chi connectivity index (χ1) is 13.3. The summed E-state index contributed by atoms with van der Waals surface area (Å²) in [5.41, 5.74) is 13.4. The van der Waals surface area contributed by atoms with Crippen LogP contribution in [0, 0.1) is 0 Å². The summed E-state index contributed by atoms with van der Waals surface area (Å²) in [7, 11) is 0. The summed E-state index contributed by atoms with van der Waals surface area (Å²) in [5.74, 6) is 0.542. The number of hydrogen-bond donors (Lipinski definition) is 3. The van der Waals surface area contributed by atoms with E-state index >= 15 is 0 Å². The highest BCUT2D eigenvalue weighted by Crippen LogP contribution is 2.34. The molecule has 1 saturated carbocycles. The molecule has 148 valence electrons. The topological polar surface area (TPSA) is 94.3 Å². The third kappa shape index (κ3) is 3.75. The highest BCUT2D eigenvalue weighted by atomic mass is 19.4. The van der Waals surface area contributed by atoms with Gasteiger partial charge in [-0.2, -0.15) is 13.2 Å². The molecule has 2 heterocycles. The van der Waals surface area contributed by atoms with Gasteiger partial charge in [0.1, 0.15) is 5.82 Å². The lowest BCUT2D eigenvalue weighted by molar-refractivity contribution is -0.137. The minimum Gasteiger partial charge on any atom is -0.382 e. The Balaban J connectivity index is 1.67. The number of rotatable bonds is 3. The van der Waals surface area contributed by atoms with Crippen molar-refractivity contribution in [3.05, 3.63) is 47.8 Å². The molecule has 6 nitrogen and oxygen atoms in total. The van der Waals surface area contributed by atoms with E-state index in [2.05, 4.69) is 15.4 Å². The number of nitrogens with one attached hydrogen (secondary N) is 1. The fraction of sp³-hybridized carbons (Fsp3) is 0.368. The van der Waals surface area contributed by atoms with Crippen LogP contribution in [0.25, 0.3) is 5.65 Å². The molecule has 0 atom stereocenters. The molecule has 4 rings (SSSR count). The zero-order valence-electron chi connectivity index (χ0n) is 15.1. The minimum absolute atomic E-state index is 0.236. The van der Waals surface area contributed by atoms with Gasteiger partial charge in [-0.3, -0.25) is 0 Å². The molecular weight excluding hydrogens is 369 g/mol. The Morgan fingerprint density at radius 1 is 1.11 bits per heavy atom. The second-order valence-corrected chi connectivity index (χ2v) is 7.23. The zero-order chi connectivity index (χ0) is 19.9. The van der Waals surface area contributed by atoms with Crippen molar-refractivity contribution in [1.82, 2.24) is 14.6 Å². The van der Waals surface area contributed by atoms with Gasteiger partial charge in [0.05, 0.1) is 23.1 Å². The van der Waals surface area contributed by atoms with Crippen LogP contribution in [0.1, 0.15) is 42.9 Å². The van der Waals surface area contributed by atoms with Crippen molar-refractivity contribution >= 4 is 22.8 Å². The van der Waals surface area contributed by atoms with E-state index in [1.54, 1.807) is 16.6 Å². The molecule has 1 aliphatic carbocycles. The molecule has 1 fully saturated rings. The number of alkyl halides is 3. The molecule has 0 aliphatic heterocycles. The first-order valence-corrected chi connectivity index (χ1v) is 9.15. The Kier molecular flexibility index (Phi) is 4.62. The summed E-state index contributed by atoms with van der Waals surface area (Å²) >= 11 is 0. The van der Waals surface area contributed by atoms with Gasteiger partial charge in [0.2, 0.25) is 0 Å². The monoisotopic (exact) mass is 390 g/mol. The molecule has 0 spiro atoms. The Bertz CT molecular complexity index is 989. The largest absolute Gasteiger partial charge is 0.416 e. The van der Waals surface area contributed by atoms with E-state index in [4.69, 9.17) is 11.5 Å². The number of halogens is 3. The van der Waals surface area contributed by atoms with Crippen molar-refractivity contribution in [3.8, 4) is 0 Å². The van der Waals surface area contributed by atoms with Gasteiger partial charge < -0.3 is 16.8 Å². The van der Waals surface area contributed by atoms with E-state index in [1.165, 1.54) is 6.07 Å². The molecule has 0 radical (unpaired) electrons. The Morgan fingerprint density at radius 2 is 1.86 bits per heavy atom. The maximum Gasteiger partial charge on any atom is 0.416 e. The van der Waals surface area contributed by atoms with Crippen molar-refractivity contribution < 1.29 is 13.2 Å². The van der Waals surface area contributed by atoms with Crippen LogP contribution in [0.2, 0.25) is 0 Å². The number of nitrogens with two attached hydrogens (primary N) is 2. The van der Waals surface area contributed by atoms with Crippen molar-refractivity contribution in [3.63, 3.8) is 0 Å². The Labute approximate surface area is 159 Å². The zero-order valence-corrected chi connectivity index (χ0v) is 15.1. The van der Waals surface area contributed by atoms with Crippen LogP contribution in [0.4, 0.5) is 30.4 Å². The highest BCUT2D eigenvalue weighted by Gasteiger charge is 2.30. The van der Waals surface area contributed by atoms with E-state index in [0.29, 0.717) is 22.9 Å². The summed E-state index contributed by atoms with van der Waals surface area (Å²) in [6.45, 7) is 0. The average Bonchev–Trinajstić information content (AvgIpc) is 3.06. The van der Waals surface area contributed by atoms with Gasteiger partial charge in [0.15, 0.2) is 5.65 Å². The fourth-order valence-corrected chi connectivity index (χ4v) is 3.65. The third-order valence-corrected chi connectivity index (χ3v) is 5.12. The molecule has 3 aromatic rings. The number of nitrogen functional groups attached to an aromatic ring is 1. The molecular formula is C19H21F3N6. The van der Waals surface area contributed by atoms with Crippen molar-refractivity contribution in [2.24, 2.45) is 5.73 Å². The Morgan fingerprint density at radius 3 is 2.57 bits per heavy atom. The molecule has 1 aliphatic rings. The normalized spacial score (nSPS) is 20.4. The maximum atomic E-state index is 13.0. The summed E-state index contributed by atoms with van der Waals surface area (Å²) in [4.78, 5) is 4.69. The van der Waals surface area contributed by atoms with Gasteiger partial charge in [-0.1, -0.05) is 6.07 Å². The molecule has 0 amide bonds. The molecule has 9 heteroatoms. The van der Waals surface area contributed by atoms with Gasteiger partial charge in [-0.05, 0) is 43.9 Å². The molecule has 0 bridgehead atoms. The van der Waals surface area contributed by atoms with Gasteiger partial charge in [0.25, 0.3) is 0 Å². The number of fused-ring (bicyclic) bond motifs is 1. The van der Waals surface area contributed by atoms with Gasteiger partial charge >= 0.3 is 6.18 Å². The van der Waals surface area contributed by atoms with Crippen molar-refractivity contribution in [2.45, 2.75) is 43.8 Å². The van der Waals surface area contributed by atoms with Crippen molar-refractivity contribution in [1.29, 1.82) is 0 Å². The molecule has 0 saturated heterocycles. The summed E-state index contributed by atoms with van der Waals surface area (Å²) < 4.78 is 40.5. The van der Waals surface area contributed by atoms with Crippen LogP contribution >= 0.6 is 0 Å². The predicted octanol–water partition coefficient (Wildman–Crippen LogP) is 4.06. The molecule has 1 aromatic carbocycles. The van der Waals surface area contributed by atoms with Crippen LogP contribution in [-0.4, -0.2) is 20.6 Å². The number of nitrogens with zero attached hydrogens (tertiary/aromatic N) is 3. The number of imidazole rings is 1. The van der Waals surface area contributed by atoms with E-state index in [1.807, 2.05) is 6.20 Å². The molecule has 0 unspecified atom stereocenters. The summed E-state index contributed by atoms with van der Waals surface area (Å²) in [5, 5.41) is 7.25. The SMILES string of the molecule is Nc1cc(Nc2cccc(C(F)(F)F)c2)c2nc([C@H]3CC[C@H](N)CC3)cn2n1. The van der Waals surface area contributed by atoms with E-state index in [-0.39, 0.29) is 11.9 Å². The summed E-state index contributed by atoms with van der Waals surface area (Å²) in [6, 6.07) is 6.82. The van der Waals surface area contributed by atoms with Gasteiger partial charge in [-0.15, -0.1) is 5.10 Å². The molecule has 2 aromatic heterocycles. The minimum atomic E-state index is -4.41. The van der Waals surface area contributed by atoms with Gasteiger partial charge in [-0.25, -0.2) is 9.50 Å². The number of benzene rings is 1. The Hall–Kier alpha value is -2.81. The quantitative estimate of drug-likeness (QED) is 0.627. The third-order valence-electron chi connectivity index (χ3n) is 5.12. The lowest BCUT2D eigenvalue weighted by Crippen LogP contribution is -2.25. The van der Waals surface area contributed by atoms with Crippen LogP contribution in [0.15, 0.2) is 36.5 Å². The van der Waals surface area contributed by atoms with E-state index < -0.39 is 11.7 Å². The van der Waals surface area contributed by atoms with E-state index in [0.717, 1.165) is 43.5 Å². The fourth-order valence-electron chi connectivity index (χ4n) is 3.65. The highest BCUT2D eigenvalue weighted by molar-refractivity contribution is 5.76. The second-order valence-electron chi connectivity index (χ2n) is 7.23. The average molecular weight is 390 g/mol. The van der Waals surface area contributed by atoms with Crippen LogP contribution in [0.5, 0.6) is 0 Å². The first kappa shape index (κ1) is 18.5. The maximum absolute atomic E-state index is 13.0. The van der Waals surface area contributed by atoms with E-state index in [9.17, 15) is 13.2 Å². The molecule has 28 heavy (non-hydrogen) atoms. The van der Waals surface area contributed by atoms with Crippen molar-refractivity contribution in [2.75, 3.05) is 11.1 Å². The number of aromatic nitrogens is 3. The lowest BCUT2D eigenvalue weighted by Gasteiger charge is -2.24. The standard InChI is InChI=1S/C19H21F3N6/c20-19(21,22)12-2-1-3-14(8-12)25-15-9-17(24)27-28-10-16(26-18(15)28)11-4-6-13(23)7-5-11/h1-3,8-11,13,25H,4-7,23H2,(H2,24,27)/t11-,13-. The second kappa shape index (κ2) is 6.97. The lowest BCUT2D eigenvalue weighted by atomic mass is 9.85. The predicted molar refractivity (Wildman–Crippen MR) is 101 cm³/mol. The van der Waals surface area contributed by atoms with Crippen LogP contribution in [-0.2, 0) is 6.18 Å².